The summed E-state index contributed by atoms with van der Waals surface area (Å²) in [5.74, 6) is -0.0919. The van der Waals surface area contributed by atoms with E-state index in [1.807, 2.05) is 30.3 Å². The van der Waals surface area contributed by atoms with Crippen molar-refractivity contribution in [1.29, 1.82) is 0 Å². The number of carbonyl (C=O) groups is 2. The van der Waals surface area contributed by atoms with Crippen LogP contribution in [0.1, 0.15) is 31.2 Å². The number of piperidine rings is 1. The molecule has 1 fully saturated rings. The molecule has 5 nitrogen and oxygen atoms in total. The van der Waals surface area contributed by atoms with Gasteiger partial charge in [0, 0.05) is 19.6 Å². The molecule has 0 saturated carbocycles. The van der Waals surface area contributed by atoms with E-state index in [4.69, 9.17) is 5.73 Å². The third-order valence-corrected chi connectivity index (χ3v) is 5.09. The average Bonchev–Trinajstić information content (AvgIpc) is 2.62. The Labute approximate surface area is 149 Å². The maximum atomic E-state index is 12.9. The van der Waals surface area contributed by atoms with E-state index in [0.29, 0.717) is 13.0 Å². The lowest BCUT2D eigenvalue weighted by atomic mass is 9.91. The Bertz CT molecular complexity index is 642. The summed E-state index contributed by atoms with van der Waals surface area (Å²) in [6, 6.07) is 10.1. The second kappa shape index (κ2) is 8.30. The van der Waals surface area contributed by atoms with Crippen LogP contribution in [0.5, 0.6) is 0 Å². The Balaban J connectivity index is 1.69. The van der Waals surface area contributed by atoms with Gasteiger partial charge >= 0.3 is 0 Å². The summed E-state index contributed by atoms with van der Waals surface area (Å²) in [5, 5.41) is 0. The molecule has 5 heteroatoms. The molecule has 25 heavy (non-hydrogen) atoms. The van der Waals surface area contributed by atoms with Crippen LogP contribution in [0.25, 0.3) is 0 Å². The van der Waals surface area contributed by atoms with Crippen molar-refractivity contribution in [2.75, 3.05) is 26.2 Å². The van der Waals surface area contributed by atoms with E-state index in [9.17, 15) is 9.59 Å². The number of hydrogen-bond acceptors (Lipinski definition) is 3. The highest BCUT2D eigenvalue weighted by Gasteiger charge is 2.31. The van der Waals surface area contributed by atoms with Crippen LogP contribution in [0, 0.1) is 0 Å². The zero-order valence-electron chi connectivity index (χ0n) is 14.7. The highest BCUT2D eigenvalue weighted by Crippen LogP contribution is 2.26. The Hall–Kier alpha value is -2.14. The smallest absolute Gasteiger partial charge is 0.231 e. The van der Waals surface area contributed by atoms with E-state index in [0.717, 1.165) is 50.9 Å². The molecule has 0 bridgehead atoms. The number of carbonyl (C=O) groups excluding carboxylic acids is 2. The van der Waals surface area contributed by atoms with Crippen molar-refractivity contribution in [3.8, 4) is 0 Å². The quantitative estimate of drug-likeness (QED) is 0.830. The second-order valence-electron chi connectivity index (χ2n) is 7.01. The standard InChI is InChI=1S/C20H27N3O2/c21-19(24)15-22-11-6-9-17(14-22)18-10-4-5-12-23(18)20(25)13-16-7-2-1-3-8-16/h1-3,7-9,18H,4-6,10-15H2,(H2,21,24)/t18-/m0/s1. The molecule has 2 N–H and O–H groups in total. The Morgan fingerprint density at radius 3 is 2.68 bits per heavy atom. The minimum atomic E-state index is -0.290. The van der Waals surface area contributed by atoms with Gasteiger partial charge in [-0.1, -0.05) is 36.4 Å². The minimum Gasteiger partial charge on any atom is -0.369 e. The molecule has 1 aromatic rings. The van der Waals surface area contributed by atoms with Gasteiger partial charge in [-0.3, -0.25) is 14.5 Å². The van der Waals surface area contributed by atoms with Crippen LogP contribution < -0.4 is 5.73 Å². The summed E-state index contributed by atoms with van der Waals surface area (Å²) in [6.07, 6.45) is 6.85. The molecule has 2 aliphatic heterocycles. The van der Waals surface area contributed by atoms with E-state index in [1.165, 1.54) is 5.57 Å². The van der Waals surface area contributed by atoms with Crippen molar-refractivity contribution in [2.45, 2.75) is 38.1 Å². The molecule has 0 unspecified atom stereocenters. The summed E-state index contributed by atoms with van der Waals surface area (Å²) in [6.45, 7) is 2.71. The first-order valence-corrected chi connectivity index (χ1v) is 9.16. The van der Waals surface area contributed by atoms with E-state index < -0.39 is 0 Å². The summed E-state index contributed by atoms with van der Waals surface area (Å²) >= 11 is 0. The SMILES string of the molecule is NC(=O)CN1CCC=C([C@@H]2CCCCN2C(=O)Cc2ccccc2)C1. The highest BCUT2D eigenvalue weighted by molar-refractivity contribution is 5.79. The molecule has 0 aliphatic carbocycles. The molecular formula is C20H27N3O2. The van der Waals surface area contributed by atoms with Gasteiger partial charge in [0.25, 0.3) is 0 Å². The first-order valence-electron chi connectivity index (χ1n) is 9.16. The fraction of sp³-hybridized carbons (Fsp3) is 0.500. The lowest BCUT2D eigenvalue weighted by molar-refractivity contribution is -0.133. The van der Waals surface area contributed by atoms with Crippen LogP contribution in [0.3, 0.4) is 0 Å². The largest absolute Gasteiger partial charge is 0.369 e. The molecule has 2 heterocycles. The van der Waals surface area contributed by atoms with Crippen LogP contribution in [-0.4, -0.2) is 53.8 Å². The van der Waals surface area contributed by atoms with Gasteiger partial charge in [0.15, 0.2) is 0 Å². The van der Waals surface area contributed by atoms with Gasteiger partial charge in [0.05, 0.1) is 19.0 Å². The predicted octanol–water partition coefficient (Wildman–Crippen LogP) is 1.73. The lowest BCUT2D eigenvalue weighted by Crippen LogP contribution is -2.48. The van der Waals surface area contributed by atoms with Crippen LogP contribution in [0.2, 0.25) is 0 Å². The molecule has 1 saturated heterocycles. The molecule has 2 amide bonds. The van der Waals surface area contributed by atoms with E-state index in [1.54, 1.807) is 0 Å². The topological polar surface area (TPSA) is 66.6 Å². The first-order chi connectivity index (χ1) is 12.1. The fourth-order valence-corrected chi connectivity index (χ4v) is 3.92. The summed E-state index contributed by atoms with van der Waals surface area (Å²) < 4.78 is 0. The molecule has 2 aliphatic rings. The van der Waals surface area contributed by atoms with E-state index >= 15 is 0 Å². The van der Waals surface area contributed by atoms with Crippen molar-refractivity contribution in [1.82, 2.24) is 9.80 Å². The average molecular weight is 341 g/mol. The minimum absolute atomic E-state index is 0.167. The predicted molar refractivity (Wildman–Crippen MR) is 97.8 cm³/mol. The van der Waals surface area contributed by atoms with Gasteiger partial charge in [-0.05, 0) is 36.8 Å². The monoisotopic (exact) mass is 341 g/mol. The number of nitrogens with zero attached hydrogens (tertiary/aromatic N) is 2. The van der Waals surface area contributed by atoms with Crippen LogP contribution in [-0.2, 0) is 16.0 Å². The summed E-state index contributed by atoms with van der Waals surface area (Å²) in [4.78, 5) is 28.3. The third-order valence-electron chi connectivity index (χ3n) is 5.09. The molecule has 0 spiro atoms. The summed E-state index contributed by atoms with van der Waals surface area (Å²) in [5.41, 5.74) is 7.68. The number of nitrogens with two attached hydrogens (primary N) is 1. The number of benzene rings is 1. The van der Waals surface area contributed by atoms with Crippen molar-refractivity contribution < 1.29 is 9.59 Å². The fourth-order valence-electron chi connectivity index (χ4n) is 3.92. The number of likely N-dealkylation sites (tertiary alicyclic amines) is 1. The zero-order valence-corrected chi connectivity index (χ0v) is 14.7. The van der Waals surface area contributed by atoms with E-state index in [2.05, 4.69) is 15.9 Å². The van der Waals surface area contributed by atoms with E-state index in [-0.39, 0.29) is 17.9 Å². The molecular weight excluding hydrogens is 314 g/mol. The molecule has 1 aromatic carbocycles. The number of hydrogen-bond donors (Lipinski definition) is 1. The van der Waals surface area contributed by atoms with Gasteiger partial charge in [0.1, 0.15) is 0 Å². The van der Waals surface area contributed by atoms with Gasteiger partial charge < -0.3 is 10.6 Å². The Morgan fingerprint density at radius 1 is 1.12 bits per heavy atom. The van der Waals surface area contributed by atoms with Gasteiger partial charge in [-0.2, -0.15) is 0 Å². The Kier molecular flexibility index (Phi) is 5.87. The second-order valence-corrected chi connectivity index (χ2v) is 7.01. The van der Waals surface area contributed by atoms with Crippen molar-refractivity contribution in [2.24, 2.45) is 5.73 Å². The van der Waals surface area contributed by atoms with Crippen LogP contribution in [0.15, 0.2) is 42.0 Å². The van der Waals surface area contributed by atoms with Gasteiger partial charge in [-0.15, -0.1) is 0 Å². The molecule has 1 atom stereocenters. The first kappa shape index (κ1) is 17.7. The normalized spacial score (nSPS) is 21.7. The molecule has 3 rings (SSSR count). The lowest BCUT2D eigenvalue weighted by Gasteiger charge is -2.40. The highest BCUT2D eigenvalue weighted by atomic mass is 16.2. The molecule has 0 radical (unpaired) electrons. The van der Waals surface area contributed by atoms with Crippen molar-refractivity contribution in [3.63, 3.8) is 0 Å². The maximum Gasteiger partial charge on any atom is 0.231 e. The van der Waals surface area contributed by atoms with Crippen molar-refractivity contribution >= 4 is 11.8 Å². The van der Waals surface area contributed by atoms with Gasteiger partial charge in [-0.25, -0.2) is 0 Å². The molecule has 0 aromatic heterocycles. The Morgan fingerprint density at radius 2 is 1.92 bits per heavy atom. The molecule has 134 valence electrons. The van der Waals surface area contributed by atoms with Crippen LogP contribution in [0.4, 0.5) is 0 Å². The zero-order chi connectivity index (χ0) is 17.6. The van der Waals surface area contributed by atoms with Crippen molar-refractivity contribution in [3.05, 3.63) is 47.5 Å². The summed E-state index contributed by atoms with van der Waals surface area (Å²) in [7, 11) is 0. The number of primary amides is 1. The van der Waals surface area contributed by atoms with Gasteiger partial charge in [0.2, 0.25) is 11.8 Å². The third kappa shape index (κ3) is 4.69. The maximum absolute atomic E-state index is 12.9. The number of amides is 2. The van der Waals surface area contributed by atoms with Crippen LogP contribution >= 0.6 is 0 Å². The number of rotatable bonds is 5.